The van der Waals surface area contributed by atoms with E-state index in [1.54, 1.807) is 41.6 Å². The highest BCUT2D eigenvalue weighted by molar-refractivity contribution is 7.98. The third-order valence-electron chi connectivity index (χ3n) is 4.54. The fourth-order valence-corrected chi connectivity index (χ4v) is 4.10. The summed E-state index contributed by atoms with van der Waals surface area (Å²) in [6, 6.07) is 10.8. The summed E-state index contributed by atoms with van der Waals surface area (Å²) in [4.78, 5) is 12.9. The number of fused-ring (bicyclic) bond motifs is 1. The molecule has 0 radical (unpaired) electrons. The minimum Gasteiger partial charge on any atom is -0.516 e. The molecule has 3 aromatic rings. The van der Waals surface area contributed by atoms with Crippen LogP contribution in [0.15, 0.2) is 66.3 Å². The molecule has 0 aliphatic rings. The number of hydrogen-bond donors (Lipinski definition) is 1. The Morgan fingerprint density at radius 2 is 1.87 bits per heavy atom. The summed E-state index contributed by atoms with van der Waals surface area (Å²) in [5, 5.41) is 13.1. The highest BCUT2D eigenvalue weighted by Gasteiger charge is 2.17. The van der Waals surface area contributed by atoms with Crippen LogP contribution in [0.5, 0.6) is 5.75 Å². The Morgan fingerprint density at radius 1 is 1.23 bits per heavy atom. The van der Waals surface area contributed by atoms with Crippen LogP contribution in [0.4, 0.5) is 17.6 Å². The summed E-state index contributed by atoms with van der Waals surface area (Å²) in [6.45, 7) is 9.51. The third kappa shape index (κ3) is 12.3. The van der Waals surface area contributed by atoms with Crippen molar-refractivity contribution >= 4 is 28.6 Å². The van der Waals surface area contributed by atoms with E-state index in [0.717, 1.165) is 27.8 Å². The van der Waals surface area contributed by atoms with Gasteiger partial charge in [0.2, 0.25) is 0 Å². The number of aliphatic hydroxyl groups excluding tert-OH is 1. The summed E-state index contributed by atoms with van der Waals surface area (Å²) in [7, 11) is 0. The Labute approximate surface area is 230 Å². The SMILES string of the molecule is C/C=C/O.C=CCn1nc(CSc2ccc(OCC(=O)OC(C)(C)C)c(C)c2)c2cccc(F)c21.FC(F)F. The fourth-order valence-electron chi connectivity index (χ4n) is 3.15. The second-order valence-corrected chi connectivity index (χ2v) is 9.92. The second kappa shape index (κ2) is 16.5. The number of esters is 1. The molecule has 214 valence electrons. The minimum atomic E-state index is -3.67. The van der Waals surface area contributed by atoms with E-state index in [1.165, 1.54) is 6.07 Å². The number of aromatic nitrogens is 2. The lowest BCUT2D eigenvalue weighted by atomic mass is 10.2. The number of thioether (sulfide) groups is 1. The lowest BCUT2D eigenvalue weighted by Gasteiger charge is -2.19. The number of nitrogens with zero attached hydrogens (tertiary/aromatic N) is 2. The van der Waals surface area contributed by atoms with E-state index < -0.39 is 18.2 Å². The Hall–Kier alpha value is -3.47. The number of aryl methyl sites for hydroxylation is 1. The summed E-state index contributed by atoms with van der Waals surface area (Å²) in [5.74, 6) is 0.546. The molecular weight excluding hydrogens is 536 g/mol. The van der Waals surface area contributed by atoms with Crippen molar-refractivity contribution in [3.8, 4) is 5.75 Å². The number of allylic oxidation sites excluding steroid dienone is 2. The smallest absolute Gasteiger partial charge is 0.379 e. The van der Waals surface area contributed by atoms with Crippen LogP contribution >= 0.6 is 11.8 Å². The second-order valence-electron chi connectivity index (χ2n) is 8.87. The normalized spacial score (nSPS) is 11.0. The van der Waals surface area contributed by atoms with Crippen molar-refractivity contribution in [1.82, 2.24) is 9.78 Å². The summed E-state index contributed by atoms with van der Waals surface area (Å²) in [6.07, 6.45) is 4.26. The predicted molar refractivity (Wildman–Crippen MR) is 147 cm³/mol. The molecule has 0 bridgehead atoms. The van der Waals surface area contributed by atoms with Crippen molar-refractivity contribution in [2.75, 3.05) is 6.61 Å². The van der Waals surface area contributed by atoms with Crippen molar-refractivity contribution in [3.05, 3.63) is 78.5 Å². The van der Waals surface area contributed by atoms with Crippen LogP contribution in [0.2, 0.25) is 0 Å². The standard InChI is InChI=1S/C24H27FN2O3S.C3H6O.CHF3/c1-6-12-27-23-18(8-7-9-19(23)25)20(26-27)15-31-17-10-11-21(16(2)13-17)29-14-22(28)30-24(3,4)5;1-2-3-4;2-1(3)4/h6-11,13H,1,12,14-15H2,2-5H3;2-4H,1H3;1H/b;3-2+;. The van der Waals surface area contributed by atoms with E-state index in [9.17, 15) is 22.4 Å². The van der Waals surface area contributed by atoms with Gasteiger partial charge in [-0.2, -0.15) is 18.3 Å². The molecule has 0 unspecified atom stereocenters. The van der Waals surface area contributed by atoms with Gasteiger partial charge in [0.05, 0.1) is 18.5 Å². The molecule has 1 heterocycles. The maximum atomic E-state index is 14.3. The van der Waals surface area contributed by atoms with Gasteiger partial charge in [0, 0.05) is 16.0 Å². The number of aliphatic hydroxyl groups is 1. The molecule has 0 saturated heterocycles. The molecule has 39 heavy (non-hydrogen) atoms. The summed E-state index contributed by atoms with van der Waals surface area (Å²) in [5.41, 5.74) is 1.70. The minimum absolute atomic E-state index is 0.136. The third-order valence-corrected chi connectivity index (χ3v) is 5.54. The molecule has 6 nitrogen and oxygen atoms in total. The van der Waals surface area contributed by atoms with E-state index in [2.05, 4.69) is 11.7 Å². The van der Waals surface area contributed by atoms with Crippen LogP contribution in [0, 0.1) is 12.7 Å². The van der Waals surface area contributed by atoms with Crippen LogP contribution in [0.25, 0.3) is 10.9 Å². The largest absolute Gasteiger partial charge is 0.516 e. The molecule has 0 saturated carbocycles. The van der Waals surface area contributed by atoms with Gasteiger partial charge in [0.1, 0.15) is 22.7 Å². The molecule has 2 aromatic carbocycles. The first-order valence-electron chi connectivity index (χ1n) is 11.8. The van der Waals surface area contributed by atoms with E-state index in [4.69, 9.17) is 14.6 Å². The highest BCUT2D eigenvalue weighted by Crippen LogP contribution is 2.31. The zero-order valence-electron chi connectivity index (χ0n) is 22.6. The number of alkyl halides is 3. The Kier molecular flexibility index (Phi) is 14.2. The van der Waals surface area contributed by atoms with Gasteiger partial charge < -0.3 is 14.6 Å². The average molecular weight is 571 g/mol. The molecule has 0 aliphatic heterocycles. The van der Waals surface area contributed by atoms with Crippen LogP contribution < -0.4 is 4.74 Å². The first kappa shape index (κ1) is 33.6. The van der Waals surface area contributed by atoms with E-state index in [0.29, 0.717) is 23.6 Å². The quantitative estimate of drug-likeness (QED) is 0.0975. The van der Waals surface area contributed by atoms with Crippen LogP contribution in [0.3, 0.4) is 0 Å². The number of rotatable bonds is 8. The maximum Gasteiger partial charge on any atom is 0.379 e. The molecule has 0 fully saturated rings. The van der Waals surface area contributed by atoms with Gasteiger partial charge in [-0.1, -0.05) is 24.3 Å². The highest BCUT2D eigenvalue weighted by atomic mass is 32.2. The van der Waals surface area contributed by atoms with Gasteiger partial charge in [0.15, 0.2) is 6.61 Å². The number of carbonyl (C=O) groups excluding carboxylic acids is 1. The summed E-state index contributed by atoms with van der Waals surface area (Å²) >= 11 is 1.61. The number of carbonyl (C=O) groups is 1. The molecular formula is C28H34F4N2O4S. The van der Waals surface area contributed by atoms with E-state index in [-0.39, 0.29) is 12.4 Å². The molecule has 3 rings (SSSR count). The number of para-hydroxylation sites is 1. The van der Waals surface area contributed by atoms with Crippen molar-refractivity contribution in [3.63, 3.8) is 0 Å². The predicted octanol–water partition coefficient (Wildman–Crippen LogP) is 7.94. The molecule has 0 amide bonds. The lowest BCUT2D eigenvalue weighted by Crippen LogP contribution is -2.27. The Morgan fingerprint density at radius 3 is 2.41 bits per heavy atom. The van der Waals surface area contributed by atoms with Gasteiger partial charge in [-0.15, -0.1) is 18.3 Å². The van der Waals surface area contributed by atoms with Crippen molar-refractivity contribution in [2.45, 2.75) is 64.1 Å². The first-order chi connectivity index (χ1) is 18.3. The van der Waals surface area contributed by atoms with Gasteiger partial charge in [-0.25, -0.2) is 9.18 Å². The topological polar surface area (TPSA) is 73.6 Å². The Balaban J connectivity index is 0.000000838. The lowest BCUT2D eigenvalue weighted by molar-refractivity contribution is -0.157. The molecule has 0 aliphatic carbocycles. The van der Waals surface area contributed by atoms with E-state index in [1.807, 2.05) is 52.0 Å². The fraction of sp³-hybridized carbons (Fsp3) is 0.357. The monoisotopic (exact) mass is 570 g/mol. The van der Waals surface area contributed by atoms with Crippen LogP contribution in [-0.2, 0) is 21.8 Å². The van der Waals surface area contributed by atoms with Gasteiger partial charge in [-0.3, -0.25) is 4.68 Å². The Bertz CT molecular complexity index is 1230. The molecule has 1 aromatic heterocycles. The van der Waals surface area contributed by atoms with Crippen molar-refractivity contribution in [2.24, 2.45) is 0 Å². The maximum absolute atomic E-state index is 14.3. The zero-order valence-corrected chi connectivity index (χ0v) is 23.4. The van der Waals surface area contributed by atoms with Gasteiger partial charge in [-0.05, 0) is 64.4 Å². The number of hydrogen-bond acceptors (Lipinski definition) is 6. The van der Waals surface area contributed by atoms with Crippen LogP contribution in [-0.4, -0.2) is 39.7 Å². The van der Waals surface area contributed by atoms with Gasteiger partial charge in [0.25, 0.3) is 0 Å². The molecule has 1 N–H and O–H groups in total. The molecule has 11 heteroatoms. The molecule has 0 spiro atoms. The molecule has 0 atom stereocenters. The first-order valence-corrected chi connectivity index (χ1v) is 12.8. The zero-order chi connectivity index (χ0) is 29.6. The number of halogens is 4. The summed E-state index contributed by atoms with van der Waals surface area (Å²) < 4.78 is 55.8. The van der Waals surface area contributed by atoms with Crippen LogP contribution in [0.1, 0.15) is 39.0 Å². The van der Waals surface area contributed by atoms with Crippen molar-refractivity contribution < 1.29 is 36.9 Å². The van der Waals surface area contributed by atoms with E-state index >= 15 is 0 Å². The van der Waals surface area contributed by atoms with Crippen molar-refractivity contribution in [1.29, 1.82) is 0 Å². The number of ether oxygens (including phenoxy) is 2. The van der Waals surface area contributed by atoms with Gasteiger partial charge >= 0.3 is 12.6 Å². The number of benzene rings is 2. The average Bonchev–Trinajstić information content (AvgIpc) is 3.19.